The van der Waals surface area contributed by atoms with E-state index in [1.807, 2.05) is 30.0 Å². The average molecular weight is 296 g/mol. The molecule has 0 unspecified atom stereocenters. The number of H-pyrrole nitrogens is 1. The van der Waals surface area contributed by atoms with E-state index >= 15 is 0 Å². The van der Waals surface area contributed by atoms with Crippen LogP contribution in [-0.4, -0.2) is 15.7 Å². The summed E-state index contributed by atoms with van der Waals surface area (Å²) in [5.74, 6) is 2.14. The molecule has 0 aliphatic rings. The van der Waals surface area contributed by atoms with Gasteiger partial charge < -0.3 is 4.98 Å². The number of para-hydroxylation sites is 2. The van der Waals surface area contributed by atoms with Crippen LogP contribution in [0, 0.1) is 0 Å². The second-order valence-electron chi connectivity index (χ2n) is 5.19. The zero-order valence-corrected chi connectivity index (χ0v) is 13.1. The Morgan fingerprint density at radius 1 is 1.05 bits per heavy atom. The number of unbranched alkanes of at least 4 members (excludes halogenated alkanes) is 2. The van der Waals surface area contributed by atoms with Crippen LogP contribution in [0.15, 0.2) is 53.4 Å². The molecule has 0 saturated heterocycles. The van der Waals surface area contributed by atoms with Crippen molar-refractivity contribution in [1.29, 1.82) is 0 Å². The van der Waals surface area contributed by atoms with Gasteiger partial charge in [-0.25, -0.2) is 4.98 Å². The Labute approximate surface area is 130 Å². The number of imidazole rings is 1. The highest BCUT2D eigenvalue weighted by Crippen LogP contribution is 2.26. The Bertz CT molecular complexity index is 685. The van der Waals surface area contributed by atoms with Crippen molar-refractivity contribution in [2.24, 2.45) is 0 Å². The molecule has 1 heterocycles. The number of nitrogens with zero attached hydrogens (tertiary/aromatic N) is 1. The molecule has 0 bridgehead atoms. The summed E-state index contributed by atoms with van der Waals surface area (Å²) in [7, 11) is 0. The molecule has 1 aromatic heterocycles. The summed E-state index contributed by atoms with van der Waals surface area (Å²) in [5, 5.41) is 0. The molecule has 0 atom stereocenters. The van der Waals surface area contributed by atoms with Crippen molar-refractivity contribution in [2.45, 2.75) is 31.1 Å². The average Bonchev–Trinajstić information content (AvgIpc) is 2.96. The lowest BCUT2D eigenvalue weighted by molar-refractivity contribution is 0.778. The van der Waals surface area contributed by atoms with Crippen molar-refractivity contribution >= 4 is 22.8 Å². The van der Waals surface area contributed by atoms with Crippen LogP contribution in [0.4, 0.5) is 0 Å². The predicted octanol–water partition coefficient (Wildman–Crippen LogP) is 5.51. The van der Waals surface area contributed by atoms with Gasteiger partial charge in [-0.1, -0.05) is 44.0 Å². The Balaban J connectivity index is 1.78. The standard InChI is InChI=1S/C18H20N2S/c1-2-3-6-12-21-15-9-7-8-14(13-15)18-19-16-10-4-5-11-17(16)20-18/h4-5,7-11,13H,2-3,6,12H2,1H3,(H,19,20). The van der Waals surface area contributed by atoms with Gasteiger partial charge >= 0.3 is 0 Å². The lowest BCUT2D eigenvalue weighted by Crippen LogP contribution is -1.83. The van der Waals surface area contributed by atoms with Gasteiger partial charge in [-0.3, -0.25) is 0 Å². The first-order valence-corrected chi connectivity index (χ1v) is 8.53. The van der Waals surface area contributed by atoms with E-state index in [0.29, 0.717) is 0 Å². The van der Waals surface area contributed by atoms with Gasteiger partial charge in [0.1, 0.15) is 5.82 Å². The Morgan fingerprint density at radius 2 is 1.95 bits per heavy atom. The molecule has 2 nitrogen and oxygen atoms in total. The minimum Gasteiger partial charge on any atom is -0.338 e. The van der Waals surface area contributed by atoms with Crippen LogP contribution in [0.5, 0.6) is 0 Å². The lowest BCUT2D eigenvalue weighted by Gasteiger charge is -2.03. The van der Waals surface area contributed by atoms with Gasteiger partial charge in [-0.2, -0.15) is 0 Å². The quantitative estimate of drug-likeness (QED) is 0.480. The minimum atomic E-state index is 0.951. The van der Waals surface area contributed by atoms with E-state index in [4.69, 9.17) is 0 Å². The fraction of sp³-hybridized carbons (Fsp3) is 0.278. The van der Waals surface area contributed by atoms with E-state index in [-0.39, 0.29) is 0 Å². The minimum absolute atomic E-state index is 0.951. The maximum atomic E-state index is 4.67. The van der Waals surface area contributed by atoms with Gasteiger partial charge in [0.05, 0.1) is 11.0 Å². The number of thioether (sulfide) groups is 1. The molecule has 0 saturated carbocycles. The maximum absolute atomic E-state index is 4.67. The van der Waals surface area contributed by atoms with Crippen molar-refractivity contribution in [1.82, 2.24) is 9.97 Å². The number of aromatic nitrogens is 2. The Morgan fingerprint density at radius 3 is 2.81 bits per heavy atom. The van der Waals surface area contributed by atoms with E-state index in [1.165, 1.54) is 29.9 Å². The molecular weight excluding hydrogens is 276 g/mol. The third-order valence-corrected chi connectivity index (χ3v) is 4.59. The molecule has 0 fully saturated rings. The molecule has 0 radical (unpaired) electrons. The molecule has 0 aliphatic carbocycles. The fourth-order valence-electron chi connectivity index (χ4n) is 2.36. The molecule has 3 heteroatoms. The molecule has 1 N–H and O–H groups in total. The van der Waals surface area contributed by atoms with Crippen molar-refractivity contribution in [2.75, 3.05) is 5.75 Å². The Hall–Kier alpha value is -1.74. The van der Waals surface area contributed by atoms with Gasteiger partial charge in [0.2, 0.25) is 0 Å². The monoisotopic (exact) mass is 296 g/mol. The number of hydrogen-bond acceptors (Lipinski definition) is 2. The Kier molecular flexibility index (Phi) is 4.61. The smallest absolute Gasteiger partial charge is 0.138 e. The third kappa shape index (κ3) is 3.48. The summed E-state index contributed by atoms with van der Waals surface area (Å²) < 4.78 is 0. The highest BCUT2D eigenvalue weighted by Gasteiger charge is 2.05. The normalized spacial score (nSPS) is 11.1. The van der Waals surface area contributed by atoms with Gasteiger partial charge in [0, 0.05) is 10.5 Å². The van der Waals surface area contributed by atoms with Crippen LogP contribution in [0.2, 0.25) is 0 Å². The number of aromatic amines is 1. The number of rotatable bonds is 6. The van der Waals surface area contributed by atoms with Gasteiger partial charge in [0.15, 0.2) is 0 Å². The predicted molar refractivity (Wildman–Crippen MR) is 91.8 cm³/mol. The second kappa shape index (κ2) is 6.81. The summed E-state index contributed by atoms with van der Waals surface area (Å²) in [6.45, 7) is 2.24. The zero-order valence-electron chi connectivity index (χ0n) is 12.3. The molecule has 0 amide bonds. The van der Waals surface area contributed by atoms with E-state index in [0.717, 1.165) is 22.4 Å². The fourth-order valence-corrected chi connectivity index (χ4v) is 3.33. The van der Waals surface area contributed by atoms with E-state index < -0.39 is 0 Å². The zero-order chi connectivity index (χ0) is 14.5. The van der Waals surface area contributed by atoms with Crippen molar-refractivity contribution in [3.8, 4) is 11.4 Å². The highest BCUT2D eigenvalue weighted by molar-refractivity contribution is 7.99. The first kappa shape index (κ1) is 14.2. The van der Waals surface area contributed by atoms with Crippen LogP contribution in [0.3, 0.4) is 0 Å². The van der Waals surface area contributed by atoms with Crippen molar-refractivity contribution in [3.63, 3.8) is 0 Å². The molecule has 0 spiro atoms. The molecule has 108 valence electrons. The van der Waals surface area contributed by atoms with Crippen molar-refractivity contribution in [3.05, 3.63) is 48.5 Å². The first-order valence-electron chi connectivity index (χ1n) is 7.55. The van der Waals surface area contributed by atoms with Crippen molar-refractivity contribution < 1.29 is 0 Å². The first-order chi connectivity index (χ1) is 10.4. The van der Waals surface area contributed by atoms with Gasteiger partial charge in [-0.15, -0.1) is 11.8 Å². The van der Waals surface area contributed by atoms with Crippen LogP contribution in [0.1, 0.15) is 26.2 Å². The topological polar surface area (TPSA) is 28.7 Å². The highest BCUT2D eigenvalue weighted by atomic mass is 32.2. The molecule has 2 aromatic carbocycles. The molecule has 0 aliphatic heterocycles. The van der Waals surface area contributed by atoms with Crippen LogP contribution < -0.4 is 0 Å². The molecule has 3 rings (SSSR count). The van der Waals surface area contributed by atoms with E-state index in [2.05, 4.69) is 47.2 Å². The molecule has 21 heavy (non-hydrogen) atoms. The number of nitrogens with one attached hydrogen (secondary N) is 1. The van der Waals surface area contributed by atoms with Gasteiger partial charge in [-0.05, 0) is 36.4 Å². The van der Waals surface area contributed by atoms with E-state index in [1.54, 1.807) is 0 Å². The summed E-state index contributed by atoms with van der Waals surface area (Å²) >= 11 is 1.93. The molecule has 3 aromatic rings. The van der Waals surface area contributed by atoms with E-state index in [9.17, 15) is 0 Å². The summed E-state index contributed by atoms with van der Waals surface area (Å²) in [4.78, 5) is 9.39. The van der Waals surface area contributed by atoms with Gasteiger partial charge in [0.25, 0.3) is 0 Å². The second-order valence-corrected chi connectivity index (χ2v) is 6.35. The van der Waals surface area contributed by atoms with Crippen LogP contribution in [-0.2, 0) is 0 Å². The summed E-state index contributed by atoms with van der Waals surface area (Å²) in [6.07, 6.45) is 3.88. The summed E-state index contributed by atoms with van der Waals surface area (Å²) in [5.41, 5.74) is 3.27. The maximum Gasteiger partial charge on any atom is 0.138 e. The van der Waals surface area contributed by atoms with Crippen LogP contribution >= 0.6 is 11.8 Å². The SMILES string of the molecule is CCCCCSc1cccc(-c2nc3ccccc3[nH]2)c1. The number of hydrogen-bond donors (Lipinski definition) is 1. The largest absolute Gasteiger partial charge is 0.338 e. The third-order valence-electron chi connectivity index (χ3n) is 3.51. The van der Waals surface area contributed by atoms with Crippen LogP contribution in [0.25, 0.3) is 22.4 Å². The number of fused-ring (bicyclic) bond motifs is 1. The summed E-state index contributed by atoms with van der Waals surface area (Å²) in [6, 6.07) is 16.8. The molecular formula is C18H20N2S. The lowest BCUT2D eigenvalue weighted by atomic mass is 10.2. The number of benzene rings is 2.